The number of ether oxygens (including phenoxy) is 1. The van der Waals surface area contributed by atoms with E-state index in [1.165, 1.54) is 5.56 Å². The summed E-state index contributed by atoms with van der Waals surface area (Å²) in [5.41, 5.74) is 2.27. The fourth-order valence-electron chi connectivity index (χ4n) is 2.15. The van der Waals surface area contributed by atoms with E-state index in [1.807, 2.05) is 12.3 Å². The van der Waals surface area contributed by atoms with Gasteiger partial charge in [-0.05, 0) is 18.6 Å². The van der Waals surface area contributed by atoms with Gasteiger partial charge in [-0.3, -0.25) is 5.10 Å². The van der Waals surface area contributed by atoms with Crippen molar-refractivity contribution in [1.82, 2.24) is 15.5 Å². The molecule has 0 saturated carbocycles. The fraction of sp³-hybridized carbons (Fsp3) is 0.417. The number of nitrogens with one attached hydrogen (secondary N) is 2. The molecule has 100 valence electrons. The molecule has 0 bridgehead atoms. The number of hydrogen-bond acceptors (Lipinski definition) is 3. The molecule has 18 heavy (non-hydrogen) atoms. The third-order valence-electron chi connectivity index (χ3n) is 3.10. The highest BCUT2D eigenvalue weighted by Crippen LogP contribution is 2.28. The maximum atomic E-state index is 5.97. The lowest BCUT2D eigenvalue weighted by molar-refractivity contribution is 0.202. The Morgan fingerprint density at radius 1 is 1.39 bits per heavy atom. The Morgan fingerprint density at radius 3 is 3.00 bits per heavy atom. The molecule has 1 aliphatic rings. The van der Waals surface area contributed by atoms with Gasteiger partial charge in [0.15, 0.2) is 0 Å². The summed E-state index contributed by atoms with van der Waals surface area (Å²) in [7, 11) is 0. The second kappa shape index (κ2) is 6.27. The first-order valence-electron chi connectivity index (χ1n) is 5.71. The molecule has 1 aromatic carbocycles. The van der Waals surface area contributed by atoms with E-state index < -0.39 is 0 Å². The standard InChI is InChI=1S/C12H15N3O.2ClH/c1-2-9-6-13-7-10-11(16-9)4-3-8-5-14-15-12(8)10;;/h3-5,9,13H,2,6-7H2,1H3,(H,14,15);2*1H/t9-;;/m1../s1. The Hall–Kier alpha value is -0.970. The number of rotatable bonds is 1. The lowest BCUT2D eigenvalue weighted by Gasteiger charge is -2.14. The van der Waals surface area contributed by atoms with Crippen molar-refractivity contribution in [3.8, 4) is 5.75 Å². The predicted octanol–water partition coefficient (Wildman–Crippen LogP) is 2.67. The molecule has 0 radical (unpaired) electrons. The van der Waals surface area contributed by atoms with Crippen LogP contribution >= 0.6 is 24.8 Å². The van der Waals surface area contributed by atoms with E-state index in [-0.39, 0.29) is 30.9 Å². The quantitative estimate of drug-likeness (QED) is 0.849. The summed E-state index contributed by atoms with van der Waals surface area (Å²) in [4.78, 5) is 0. The highest BCUT2D eigenvalue weighted by Gasteiger charge is 2.18. The predicted molar refractivity (Wildman–Crippen MR) is 77.0 cm³/mol. The van der Waals surface area contributed by atoms with E-state index >= 15 is 0 Å². The third-order valence-corrected chi connectivity index (χ3v) is 3.10. The van der Waals surface area contributed by atoms with Crippen LogP contribution in [-0.2, 0) is 6.54 Å². The molecule has 0 aliphatic carbocycles. The van der Waals surface area contributed by atoms with Crippen LogP contribution in [-0.4, -0.2) is 22.8 Å². The summed E-state index contributed by atoms with van der Waals surface area (Å²) in [5, 5.41) is 11.7. The fourth-order valence-corrected chi connectivity index (χ4v) is 2.15. The molecule has 6 heteroatoms. The molecule has 1 aromatic heterocycles. The molecule has 2 heterocycles. The number of fused-ring (bicyclic) bond motifs is 3. The van der Waals surface area contributed by atoms with Gasteiger partial charge in [0.05, 0.1) is 11.7 Å². The Morgan fingerprint density at radius 2 is 2.22 bits per heavy atom. The van der Waals surface area contributed by atoms with E-state index in [0.29, 0.717) is 0 Å². The lowest BCUT2D eigenvalue weighted by Crippen LogP contribution is -2.27. The van der Waals surface area contributed by atoms with Crippen LogP contribution in [0.15, 0.2) is 18.3 Å². The Bertz CT molecular complexity index is 515. The van der Waals surface area contributed by atoms with Crippen molar-refractivity contribution in [2.24, 2.45) is 0 Å². The van der Waals surface area contributed by atoms with Crippen molar-refractivity contribution >= 4 is 35.7 Å². The average Bonchev–Trinajstić information content (AvgIpc) is 2.68. The molecular weight excluding hydrogens is 273 g/mol. The maximum absolute atomic E-state index is 5.97. The van der Waals surface area contributed by atoms with Crippen molar-refractivity contribution < 1.29 is 4.74 Å². The van der Waals surface area contributed by atoms with E-state index in [2.05, 4.69) is 28.5 Å². The number of halogens is 2. The number of aromatic nitrogens is 2. The van der Waals surface area contributed by atoms with E-state index in [9.17, 15) is 0 Å². The number of H-pyrrole nitrogens is 1. The molecule has 1 aliphatic heterocycles. The van der Waals surface area contributed by atoms with E-state index in [1.54, 1.807) is 0 Å². The summed E-state index contributed by atoms with van der Waals surface area (Å²) >= 11 is 0. The SMILES string of the molecule is CC[C@@H]1CNCc2c(ccc3cn[nH]c23)O1.Cl.Cl. The van der Waals surface area contributed by atoms with Crippen LogP contribution in [0.4, 0.5) is 0 Å². The van der Waals surface area contributed by atoms with Gasteiger partial charge in [0, 0.05) is 24.0 Å². The van der Waals surface area contributed by atoms with Gasteiger partial charge in [0.25, 0.3) is 0 Å². The summed E-state index contributed by atoms with van der Waals surface area (Å²) in [5.74, 6) is 0.980. The number of nitrogens with zero attached hydrogens (tertiary/aromatic N) is 1. The maximum Gasteiger partial charge on any atom is 0.126 e. The zero-order valence-electron chi connectivity index (χ0n) is 10.1. The monoisotopic (exact) mass is 289 g/mol. The van der Waals surface area contributed by atoms with Crippen LogP contribution in [0.1, 0.15) is 18.9 Å². The topological polar surface area (TPSA) is 49.9 Å². The minimum absolute atomic E-state index is 0. The number of aromatic amines is 1. The van der Waals surface area contributed by atoms with Crippen LogP contribution in [0, 0.1) is 0 Å². The van der Waals surface area contributed by atoms with Gasteiger partial charge in [-0.25, -0.2) is 0 Å². The Labute approximate surface area is 118 Å². The van der Waals surface area contributed by atoms with Crippen LogP contribution in [0.5, 0.6) is 5.75 Å². The molecule has 2 N–H and O–H groups in total. The van der Waals surface area contributed by atoms with Gasteiger partial charge in [0.2, 0.25) is 0 Å². The molecule has 0 unspecified atom stereocenters. The Kier molecular flexibility index (Phi) is 5.26. The molecule has 3 rings (SSSR count). The zero-order valence-corrected chi connectivity index (χ0v) is 11.7. The highest BCUT2D eigenvalue weighted by molar-refractivity contribution is 5.85. The van der Waals surface area contributed by atoms with Gasteiger partial charge in [-0.15, -0.1) is 24.8 Å². The first-order chi connectivity index (χ1) is 7.88. The smallest absolute Gasteiger partial charge is 0.126 e. The summed E-state index contributed by atoms with van der Waals surface area (Å²) in [6.07, 6.45) is 3.13. The van der Waals surface area contributed by atoms with Crippen LogP contribution in [0.25, 0.3) is 10.9 Å². The van der Waals surface area contributed by atoms with E-state index in [0.717, 1.165) is 36.2 Å². The van der Waals surface area contributed by atoms with Crippen LogP contribution in [0.2, 0.25) is 0 Å². The molecule has 0 amide bonds. The molecule has 0 spiro atoms. The second-order valence-electron chi connectivity index (χ2n) is 4.16. The average molecular weight is 290 g/mol. The minimum atomic E-state index is 0. The summed E-state index contributed by atoms with van der Waals surface area (Å²) < 4.78 is 5.97. The van der Waals surface area contributed by atoms with Gasteiger partial charge in [0.1, 0.15) is 11.9 Å². The molecule has 0 fully saturated rings. The van der Waals surface area contributed by atoms with Crippen LogP contribution in [0.3, 0.4) is 0 Å². The number of hydrogen-bond donors (Lipinski definition) is 2. The summed E-state index contributed by atoms with van der Waals surface area (Å²) in [6, 6.07) is 4.10. The zero-order chi connectivity index (χ0) is 11.0. The van der Waals surface area contributed by atoms with Crippen molar-refractivity contribution in [3.63, 3.8) is 0 Å². The van der Waals surface area contributed by atoms with Crippen molar-refractivity contribution in [2.75, 3.05) is 6.54 Å². The van der Waals surface area contributed by atoms with Gasteiger partial charge >= 0.3 is 0 Å². The molecule has 2 aromatic rings. The first kappa shape index (κ1) is 15.1. The molecule has 0 saturated heterocycles. The second-order valence-corrected chi connectivity index (χ2v) is 4.16. The molecular formula is C12H17Cl2N3O. The third kappa shape index (κ3) is 2.55. The molecule has 1 atom stereocenters. The highest BCUT2D eigenvalue weighted by atomic mass is 35.5. The van der Waals surface area contributed by atoms with Gasteiger partial charge in [-0.1, -0.05) is 6.92 Å². The normalized spacial score (nSPS) is 17.9. The molecule has 4 nitrogen and oxygen atoms in total. The first-order valence-corrected chi connectivity index (χ1v) is 5.71. The minimum Gasteiger partial charge on any atom is -0.489 e. The van der Waals surface area contributed by atoms with Gasteiger partial charge in [-0.2, -0.15) is 5.10 Å². The van der Waals surface area contributed by atoms with Gasteiger partial charge < -0.3 is 10.1 Å². The van der Waals surface area contributed by atoms with Crippen molar-refractivity contribution in [2.45, 2.75) is 26.0 Å². The Balaban J connectivity index is 0.000000810. The lowest BCUT2D eigenvalue weighted by atomic mass is 10.1. The van der Waals surface area contributed by atoms with Crippen molar-refractivity contribution in [3.05, 3.63) is 23.9 Å². The van der Waals surface area contributed by atoms with E-state index in [4.69, 9.17) is 4.74 Å². The van der Waals surface area contributed by atoms with Crippen LogP contribution < -0.4 is 10.1 Å². The van der Waals surface area contributed by atoms with Crippen molar-refractivity contribution in [1.29, 1.82) is 0 Å². The largest absolute Gasteiger partial charge is 0.489 e. The summed E-state index contributed by atoms with van der Waals surface area (Å²) in [6.45, 7) is 3.89. The number of benzene rings is 1.